The van der Waals surface area contributed by atoms with Gasteiger partial charge in [0.15, 0.2) is 0 Å². The number of furan rings is 1. The van der Waals surface area contributed by atoms with Crippen molar-refractivity contribution >= 4 is 15.9 Å². The van der Waals surface area contributed by atoms with Crippen LogP contribution in [-0.4, -0.2) is 17.8 Å². The molecule has 1 aromatic heterocycles. The van der Waals surface area contributed by atoms with Crippen molar-refractivity contribution in [2.24, 2.45) is 0 Å². The molecule has 3 nitrogen and oxygen atoms in total. The van der Waals surface area contributed by atoms with Crippen molar-refractivity contribution in [2.75, 3.05) is 6.61 Å². The van der Waals surface area contributed by atoms with Gasteiger partial charge in [0.1, 0.15) is 11.5 Å². The summed E-state index contributed by atoms with van der Waals surface area (Å²) in [6.45, 7) is 2.67. The second kappa shape index (κ2) is 6.18. The monoisotopic (exact) mass is 309 g/mol. The Balaban J connectivity index is 2.06. The Hall–Kier alpha value is -1.10. The molecule has 96 valence electrons. The molecule has 18 heavy (non-hydrogen) atoms. The summed E-state index contributed by atoms with van der Waals surface area (Å²) >= 11 is 3.44. The highest BCUT2D eigenvalue weighted by molar-refractivity contribution is 9.10. The molecular weight excluding hydrogens is 294 g/mol. The van der Waals surface area contributed by atoms with Crippen LogP contribution in [0.1, 0.15) is 12.7 Å². The standard InChI is InChI=1S/C14H16BrNO2/c1-10(9-17)16-8-13-5-6-14(18-13)11-3-2-4-12(15)7-11/h2-7,10,16-17H,8-9H2,1H3/t10-/m1/s1. The lowest BCUT2D eigenvalue weighted by Gasteiger charge is -2.08. The van der Waals surface area contributed by atoms with Crippen molar-refractivity contribution in [3.63, 3.8) is 0 Å². The van der Waals surface area contributed by atoms with Gasteiger partial charge in [0.05, 0.1) is 13.2 Å². The number of rotatable bonds is 5. The van der Waals surface area contributed by atoms with E-state index in [1.54, 1.807) is 0 Å². The van der Waals surface area contributed by atoms with E-state index in [1.165, 1.54) is 0 Å². The Labute approximate surface area is 115 Å². The molecule has 1 atom stereocenters. The molecule has 0 unspecified atom stereocenters. The normalized spacial score (nSPS) is 12.6. The molecule has 0 spiro atoms. The van der Waals surface area contributed by atoms with Crippen molar-refractivity contribution in [3.8, 4) is 11.3 Å². The molecule has 2 N–H and O–H groups in total. The molecular formula is C14H16BrNO2. The van der Waals surface area contributed by atoms with Crippen LogP contribution in [0, 0.1) is 0 Å². The first-order valence-corrected chi connectivity index (χ1v) is 6.67. The average Bonchev–Trinajstić information content (AvgIpc) is 2.84. The minimum Gasteiger partial charge on any atom is -0.460 e. The molecule has 0 aliphatic carbocycles. The van der Waals surface area contributed by atoms with Crippen LogP contribution in [0.25, 0.3) is 11.3 Å². The van der Waals surface area contributed by atoms with E-state index in [1.807, 2.05) is 43.3 Å². The third-order valence-corrected chi connectivity index (χ3v) is 3.16. The van der Waals surface area contributed by atoms with E-state index < -0.39 is 0 Å². The molecule has 4 heteroatoms. The molecule has 0 aliphatic rings. The predicted molar refractivity (Wildman–Crippen MR) is 75.2 cm³/mol. The van der Waals surface area contributed by atoms with Gasteiger partial charge in [-0.2, -0.15) is 0 Å². The maximum atomic E-state index is 8.93. The maximum Gasteiger partial charge on any atom is 0.134 e. The van der Waals surface area contributed by atoms with Crippen molar-refractivity contribution in [2.45, 2.75) is 19.5 Å². The largest absolute Gasteiger partial charge is 0.460 e. The number of halogens is 1. The zero-order chi connectivity index (χ0) is 13.0. The molecule has 0 amide bonds. The first kappa shape index (κ1) is 13.3. The summed E-state index contributed by atoms with van der Waals surface area (Å²) in [7, 11) is 0. The van der Waals surface area contributed by atoms with Crippen LogP contribution in [0.4, 0.5) is 0 Å². The number of hydrogen-bond acceptors (Lipinski definition) is 3. The van der Waals surface area contributed by atoms with Gasteiger partial charge in [-0.15, -0.1) is 0 Å². The zero-order valence-corrected chi connectivity index (χ0v) is 11.8. The lowest BCUT2D eigenvalue weighted by atomic mass is 10.2. The molecule has 0 saturated heterocycles. The molecule has 0 fully saturated rings. The Bertz CT molecular complexity index is 510. The van der Waals surface area contributed by atoms with E-state index in [0.29, 0.717) is 6.54 Å². The fourth-order valence-electron chi connectivity index (χ4n) is 1.61. The molecule has 2 aromatic rings. The van der Waals surface area contributed by atoms with Crippen LogP contribution in [0.5, 0.6) is 0 Å². The molecule has 0 radical (unpaired) electrons. The minimum atomic E-state index is 0.0735. The van der Waals surface area contributed by atoms with Gasteiger partial charge in [0, 0.05) is 16.1 Å². The highest BCUT2D eigenvalue weighted by Crippen LogP contribution is 2.24. The summed E-state index contributed by atoms with van der Waals surface area (Å²) in [5, 5.41) is 12.1. The Morgan fingerprint density at radius 3 is 2.89 bits per heavy atom. The Morgan fingerprint density at radius 1 is 1.33 bits per heavy atom. The summed E-state index contributed by atoms with van der Waals surface area (Å²) < 4.78 is 6.79. The van der Waals surface area contributed by atoms with Crippen LogP contribution in [0.2, 0.25) is 0 Å². The first-order chi connectivity index (χ1) is 8.69. The summed E-state index contributed by atoms with van der Waals surface area (Å²) in [5.74, 6) is 1.72. The molecule has 2 rings (SSSR count). The maximum absolute atomic E-state index is 8.93. The number of benzene rings is 1. The third-order valence-electron chi connectivity index (χ3n) is 2.67. The number of nitrogens with one attached hydrogen (secondary N) is 1. The Morgan fingerprint density at radius 2 is 2.17 bits per heavy atom. The fourth-order valence-corrected chi connectivity index (χ4v) is 2.01. The van der Waals surface area contributed by atoms with Crippen LogP contribution in [0.15, 0.2) is 45.3 Å². The number of hydrogen-bond donors (Lipinski definition) is 2. The van der Waals surface area contributed by atoms with Gasteiger partial charge in [-0.25, -0.2) is 0 Å². The summed E-state index contributed by atoms with van der Waals surface area (Å²) in [4.78, 5) is 0. The summed E-state index contributed by atoms with van der Waals surface area (Å²) in [5.41, 5.74) is 1.05. The van der Waals surface area contributed by atoms with Gasteiger partial charge >= 0.3 is 0 Å². The van der Waals surface area contributed by atoms with Crippen molar-refractivity contribution in [1.29, 1.82) is 0 Å². The van der Waals surface area contributed by atoms with Gasteiger partial charge in [-0.3, -0.25) is 0 Å². The third kappa shape index (κ3) is 3.45. The van der Waals surface area contributed by atoms with E-state index in [2.05, 4.69) is 21.2 Å². The number of aliphatic hydroxyl groups excluding tert-OH is 1. The lowest BCUT2D eigenvalue weighted by Crippen LogP contribution is -2.28. The lowest BCUT2D eigenvalue weighted by molar-refractivity contribution is 0.248. The van der Waals surface area contributed by atoms with E-state index in [4.69, 9.17) is 9.52 Å². The predicted octanol–water partition coefficient (Wildman–Crippen LogP) is 3.18. The molecule has 1 aromatic carbocycles. The molecule has 0 aliphatic heterocycles. The topological polar surface area (TPSA) is 45.4 Å². The SMILES string of the molecule is C[C@H](CO)NCc1ccc(-c2cccc(Br)c2)o1. The fraction of sp³-hybridized carbons (Fsp3) is 0.286. The van der Waals surface area contributed by atoms with Crippen molar-refractivity contribution < 1.29 is 9.52 Å². The Kier molecular flexibility index (Phi) is 4.58. The van der Waals surface area contributed by atoms with Gasteiger partial charge in [-0.1, -0.05) is 28.1 Å². The number of aliphatic hydroxyl groups is 1. The zero-order valence-electron chi connectivity index (χ0n) is 10.2. The highest BCUT2D eigenvalue weighted by Gasteiger charge is 2.06. The van der Waals surface area contributed by atoms with Crippen molar-refractivity contribution in [3.05, 3.63) is 46.6 Å². The van der Waals surface area contributed by atoms with Gasteiger partial charge in [0.25, 0.3) is 0 Å². The average molecular weight is 310 g/mol. The molecule has 0 bridgehead atoms. The smallest absolute Gasteiger partial charge is 0.134 e. The minimum absolute atomic E-state index is 0.0735. The van der Waals surface area contributed by atoms with Gasteiger partial charge < -0.3 is 14.8 Å². The molecule has 0 saturated carbocycles. The summed E-state index contributed by atoms with van der Waals surface area (Å²) in [6, 6.07) is 12.0. The highest BCUT2D eigenvalue weighted by atomic mass is 79.9. The van der Waals surface area contributed by atoms with Crippen LogP contribution >= 0.6 is 15.9 Å². The van der Waals surface area contributed by atoms with E-state index >= 15 is 0 Å². The second-order valence-corrected chi connectivity index (χ2v) is 5.16. The molecule has 1 heterocycles. The van der Waals surface area contributed by atoms with Crippen LogP contribution in [-0.2, 0) is 6.54 Å². The first-order valence-electron chi connectivity index (χ1n) is 5.88. The quantitative estimate of drug-likeness (QED) is 0.891. The van der Waals surface area contributed by atoms with Crippen LogP contribution in [0.3, 0.4) is 0 Å². The van der Waals surface area contributed by atoms with Gasteiger partial charge in [0.2, 0.25) is 0 Å². The second-order valence-electron chi connectivity index (χ2n) is 4.24. The summed E-state index contributed by atoms with van der Waals surface area (Å²) in [6.07, 6.45) is 0. The van der Waals surface area contributed by atoms with E-state index in [-0.39, 0.29) is 12.6 Å². The van der Waals surface area contributed by atoms with E-state index in [0.717, 1.165) is 21.6 Å². The van der Waals surface area contributed by atoms with Gasteiger partial charge in [-0.05, 0) is 31.2 Å². The van der Waals surface area contributed by atoms with E-state index in [9.17, 15) is 0 Å². The van der Waals surface area contributed by atoms with Crippen LogP contribution < -0.4 is 5.32 Å². The van der Waals surface area contributed by atoms with Crippen molar-refractivity contribution in [1.82, 2.24) is 5.32 Å².